The number of benzene rings is 2. The van der Waals surface area contributed by atoms with E-state index in [9.17, 15) is 8.78 Å². The summed E-state index contributed by atoms with van der Waals surface area (Å²) in [6.45, 7) is -2.80. The molecular weight excluding hydrogens is 234 g/mol. The average molecular weight is 243 g/mol. The Bertz CT molecular complexity index is 499. The smallest absolute Gasteiger partial charge is 0.387 e. The minimum atomic E-state index is -2.80. The summed E-state index contributed by atoms with van der Waals surface area (Å²) in [7, 11) is 0. The highest BCUT2D eigenvalue weighted by Crippen LogP contribution is 2.26. The number of alkyl halides is 3. The molecule has 2 aromatic rings. The van der Waals surface area contributed by atoms with E-state index >= 15 is 0 Å². The van der Waals surface area contributed by atoms with E-state index in [1.807, 2.05) is 18.2 Å². The normalized spacial score (nSPS) is 11.0. The van der Waals surface area contributed by atoms with Crippen LogP contribution in [-0.2, 0) is 5.88 Å². The van der Waals surface area contributed by atoms with Crippen LogP contribution in [0.1, 0.15) is 5.56 Å². The third kappa shape index (κ3) is 2.25. The van der Waals surface area contributed by atoms with E-state index in [1.54, 1.807) is 12.1 Å². The molecular formula is C12H9ClF2O. The summed E-state index contributed by atoms with van der Waals surface area (Å²) in [4.78, 5) is 0. The highest BCUT2D eigenvalue weighted by molar-refractivity contribution is 6.18. The molecule has 0 spiro atoms. The van der Waals surface area contributed by atoms with Gasteiger partial charge in [0.25, 0.3) is 0 Å². The third-order valence-electron chi connectivity index (χ3n) is 2.31. The zero-order chi connectivity index (χ0) is 11.5. The SMILES string of the molecule is FC(F)Oc1ccc2cccc(CCl)c2c1. The summed E-state index contributed by atoms with van der Waals surface area (Å²) in [5.74, 6) is 0.496. The Kier molecular flexibility index (Phi) is 3.25. The lowest BCUT2D eigenvalue weighted by Gasteiger charge is -2.07. The van der Waals surface area contributed by atoms with Crippen molar-refractivity contribution in [2.24, 2.45) is 0 Å². The minimum Gasteiger partial charge on any atom is -0.435 e. The van der Waals surface area contributed by atoms with Gasteiger partial charge in [0.2, 0.25) is 0 Å². The molecule has 0 aromatic heterocycles. The molecule has 0 fully saturated rings. The molecule has 0 heterocycles. The molecule has 1 nitrogen and oxygen atoms in total. The molecule has 2 rings (SSSR count). The molecule has 0 saturated heterocycles. The van der Waals surface area contributed by atoms with Crippen molar-refractivity contribution in [2.45, 2.75) is 12.5 Å². The topological polar surface area (TPSA) is 9.23 Å². The van der Waals surface area contributed by atoms with Crippen LogP contribution in [-0.4, -0.2) is 6.61 Å². The third-order valence-corrected chi connectivity index (χ3v) is 2.60. The van der Waals surface area contributed by atoms with Gasteiger partial charge >= 0.3 is 6.61 Å². The van der Waals surface area contributed by atoms with E-state index in [-0.39, 0.29) is 5.75 Å². The van der Waals surface area contributed by atoms with Crippen LogP contribution in [0.2, 0.25) is 0 Å². The van der Waals surface area contributed by atoms with Crippen molar-refractivity contribution >= 4 is 22.4 Å². The van der Waals surface area contributed by atoms with Gasteiger partial charge in [-0.3, -0.25) is 0 Å². The van der Waals surface area contributed by atoms with Gasteiger partial charge in [0, 0.05) is 5.88 Å². The Morgan fingerprint density at radius 3 is 2.69 bits per heavy atom. The van der Waals surface area contributed by atoms with Crippen LogP contribution in [0, 0.1) is 0 Å². The molecule has 0 amide bonds. The number of hydrogen-bond acceptors (Lipinski definition) is 1. The molecule has 0 saturated carbocycles. The van der Waals surface area contributed by atoms with Crippen LogP contribution >= 0.6 is 11.6 Å². The molecule has 0 atom stereocenters. The summed E-state index contributed by atoms with van der Waals surface area (Å²) in [5.41, 5.74) is 0.902. The second-order valence-electron chi connectivity index (χ2n) is 3.31. The Morgan fingerprint density at radius 2 is 2.00 bits per heavy atom. The van der Waals surface area contributed by atoms with Gasteiger partial charge in [-0.25, -0.2) is 0 Å². The Balaban J connectivity index is 2.50. The van der Waals surface area contributed by atoms with Crippen LogP contribution in [0.15, 0.2) is 36.4 Å². The van der Waals surface area contributed by atoms with E-state index in [2.05, 4.69) is 4.74 Å². The maximum atomic E-state index is 12.1. The summed E-state index contributed by atoms with van der Waals surface area (Å²) >= 11 is 5.78. The molecule has 0 radical (unpaired) electrons. The van der Waals surface area contributed by atoms with Crippen molar-refractivity contribution in [2.75, 3.05) is 0 Å². The molecule has 0 unspecified atom stereocenters. The van der Waals surface area contributed by atoms with Gasteiger partial charge in [0.15, 0.2) is 0 Å². The van der Waals surface area contributed by atoms with Crippen LogP contribution in [0.25, 0.3) is 10.8 Å². The van der Waals surface area contributed by atoms with Crippen molar-refractivity contribution in [3.8, 4) is 5.75 Å². The fourth-order valence-corrected chi connectivity index (χ4v) is 1.84. The Hall–Kier alpha value is -1.35. The van der Waals surface area contributed by atoms with Gasteiger partial charge in [-0.2, -0.15) is 8.78 Å². The van der Waals surface area contributed by atoms with E-state index < -0.39 is 6.61 Å². The number of halogens is 3. The van der Waals surface area contributed by atoms with Gasteiger partial charge in [0.05, 0.1) is 0 Å². The molecule has 4 heteroatoms. The average Bonchev–Trinajstić information content (AvgIpc) is 2.27. The molecule has 0 N–H and O–H groups in total. The first kappa shape index (κ1) is 11.1. The van der Waals surface area contributed by atoms with Crippen LogP contribution in [0.4, 0.5) is 8.78 Å². The summed E-state index contributed by atoms with van der Waals surface area (Å²) in [5, 5.41) is 1.80. The maximum absolute atomic E-state index is 12.1. The first-order chi connectivity index (χ1) is 7.70. The molecule has 0 aliphatic heterocycles. The predicted molar refractivity (Wildman–Crippen MR) is 60.1 cm³/mol. The minimum absolute atomic E-state index is 0.153. The van der Waals surface area contributed by atoms with Gasteiger partial charge in [0.1, 0.15) is 5.75 Å². The summed E-state index contributed by atoms with van der Waals surface area (Å²) < 4.78 is 28.5. The van der Waals surface area contributed by atoms with Crippen LogP contribution < -0.4 is 4.74 Å². The van der Waals surface area contributed by atoms with Crippen molar-refractivity contribution in [3.63, 3.8) is 0 Å². The molecule has 16 heavy (non-hydrogen) atoms. The number of hydrogen-bond donors (Lipinski definition) is 0. The van der Waals surface area contributed by atoms with E-state index in [1.165, 1.54) is 6.07 Å². The van der Waals surface area contributed by atoms with E-state index in [0.29, 0.717) is 5.88 Å². The van der Waals surface area contributed by atoms with Gasteiger partial charge in [-0.15, -0.1) is 11.6 Å². The Labute approximate surface area is 96.6 Å². The molecule has 0 bridgehead atoms. The molecule has 2 aromatic carbocycles. The predicted octanol–water partition coefficient (Wildman–Crippen LogP) is 4.18. The van der Waals surface area contributed by atoms with Gasteiger partial charge in [-0.05, 0) is 28.5 Å². The lowest BCUT2D eigenvalue weighted by molar-refractivity contribution is -0.0497. The molecule has 0 aliphatic carbocycles. The second kappa shape index (κ2) is 4.66. The fraction of sp³-hybridized carbons (Fsp3) is 0.167. The lowest BCUT2D eigenvalue weighted by Crippen LogP contribution is -2.01. The molecule has 0 aliphatic rings. The number of rotatable bonds is 3. The second-order valence-corrected chi connectivity index (χ2v) is 3.58. The largest absolute Gasteiger partial charge is 0.435 e. The first-order valence-electron chi connectivity index (χ1n) is 4.73. The van der Waals surface area contributed by atoms with Crippen molar-refractivity contribution in [1.82, 2.24) is 0 Å². The van der Waals surface area contributed by atoms with Crippen molar-refractivity contribution in [1.29, 1.82) is 0 Å². The Morgan fingerprint density at radius 1 is 1.19 bits per heavy atom. The van der Waals surface area contributed by atoms with Gasteiger partial charge in [-0.1, -0.05) is 24.3 Å². The van der Waals surface area contributed by atoms with Crippen LogP contribution in [0.5, 0.6) is 5.75 Å². The zero-order valence-corrected chi connectivity index (χ0v) is 9.05. The summed E-state index contributed by atoms with van der Waals surface area (Å²) in [6.07, 6.45) is 0. The lowest BCUT2D eigenvalue weighted by atomic mass is 10.1. The monoisotopic (exact) mass is 242 g/mol. The van der Waals surface area contributed by atoms with Crippen molar-refractivity contribution < 1.29 is 13.5 Å². The number of fused-ring (bicyclic) bond motifs is 1. The fourth-order valence-electron chi connectivity index (χ4n) is 1.61. The zero-order valence-electron chi connectivity index (χ0n) is 8.29. The standard InChI is InChI=1S/C12H9ClF2O/c13-7-9-3-1-2-8-4-5-10(6-11(8)9)16-12(14)15/h1-6,12H,7H2. The molecule has 84 valence electrons. The highest BCUT2D eigenvalue weighted by Gasteiger charge is 2.06. The quantitative estimate of drug-likeness (QED) is 0.734. The number of ether oxygens (including phenoxy) is 1. The van der Waals surface area contributed by atoms with Crippen molar-refractivity contribution in [3.05, 3.63) is 42.0 Å². The van der Waals surface area contributed by atoms with E-state index in [0.717, 1.165) is 16.3 Å². The highest BCUT2D eigenvalue weighted by atomic mass is 35.5. The summed E-state index contributed by atoms with van der Waals surface area (Å²) in [6, 6.07) is 10.5. The maximum Gasteiger partial charge on any atom is 0.387 e. The van der Waals surface area contributed by atoms with Gasteiger partial charge < -0.3 is 4.74 Å². The first-order valence-corrected chi connectivity index (χ1v) is 5.26. The van der Waals surface area contributed by atoms with Crippen LogP contribution in [0.3, 0.4) is 0 Å². The van der Waals surface area contributed by atoms with E-state index in [4.69, 9.17) is 11.6 Å².